The fraction of sp³-hybridized carbons (Fsp3) is 0.0870. The summed E-state index contributed by atoms with van der Waals surface area (Å²) in [5.41, 5.74) is 1.91. The first-order chi connectivity index (χ1) is 15.5. The van der Waals surface area contributed by atoms with E-state index >= 15 is 0 Å². The summed E-state index contributed by atoms with van der Waals surface area (Å²) in [6.45, 7) is 0.677. The monoisotopic (exact) mass is 447 g/mol. The second-order valence-corrected chi connectivity index (χ2v) is 8.70. The van der Waals surface area contributed by atoms with Crippen LogP contribution in [-0.4, -0.2) is 29.1 Å². The van der Waals surface area contributed by atoms with Gasteiger partial charge in [-0.3, -0.25) is 19.2 Å². The number of sulfonamides is 1. The van der Waals surface area contributed by atoms with E-state index in [1.807, 2.05) is 12.1 Å². The van der Waals surface area contributed by atoms with Crippen LogP contribution in [0.2, 0.25) is 0 Å². The van der Waals surface area contributed by atoms with Crippen LogP contribution in [0.25, 0.3) is 0 Å². The minimum Gasteiger partial charge on any atom is -0.305 e. The number of nitrogens with one attached hydrogen (secondary N) is 2. The van der Waals surface area contributed by atoms with E-state index in [4.69, 9.17) is 0 Å². The number of pyridine rings is 1. The lowest BCUT2D eigenvalue weighted by molar-refractivity contribution is 0.102. The van der Waals surface area contributed by atoms with Crippen LogP contribution in [0.1, 0.15) is 15.9 Å². The van der Waals surface area contributed by atoms with Crippen LogP contribution in [0.5, 0.6) is 0 Å². The molecule has 0 radical (unpaired) electrons. The molecular formula is C23H21N5O3S. The van der Waals surface area contributed by atoms with Crippen molar-refractivity contribution in [1.29, 1.82) is 0 Å². The lowest BCUT2D eigenvalue weighted by Gasteiger charge is -2.09. The molecule has 0 spiro atoms. The van der Waals surface area contributed by atoms with Gasteiger partial charge in [-0.1, -0.05) is 18.2 Å². The van der Waals surface area contributed by atoms with Gasteiger partial charge in [0, 0.05) is 42.5 Å². The van der Waals surface area contributed by atoms with E-state index in [1.54, 1.807) is 71.8 Å². The first-order valence-electron chi connectivity index (χ1n) is 9.91. The lowest BCUT2D eigenvalue weighted by atomic mass is 10.2. The number of amides is 1. The second kappa shape index (κ2) is 9.44. The maximum atomic E-state index is 12.5. The van der Waals surface area contributed by atoms with Crippen molar-refractivity contribution in [2.45, 2.75) is 17.9 Å². The van der Waals surface area contributed by atoms with Crippen molar-refractivity contribution >= 4 is 27.4 Å². The van der Waals surface area contributed by atoms with Gasteiger partial charge in [0.2, 0.25) is 0 Å². The predicted octanol–water partition coefficient (Wildman–Crippen LogP) is 3.57. The van der Waals surface area contributed by atoms with Gasteiger partial charge < -0.3 is 5.32 Å². The average Bonchev–Trinajstić information content (AvgIpc) is 3.26. The molecule has 0 aliphatic rings. The average molecular weight is 448 g/mol. The molecule has 2 aromatic heterocycles. The smallest absolute Gasteiger partial charge is 0.261 e. The Bertz CT molecular complexity index is 1290. The van der Waals surface area contributed by atoms with Gasteiger partial charge in [0.25, 0.3) is 15.9 Å². The number of rotatable bonds is 8. The Balaban J connectivity index is 1.35. The fourth-order valence-electron chi connectivity index (χ4n) is 3.04. The van der Waals surface area contributed by atoms with Crippen molar-refractivity contribution in [3.05, 3.63) is 103 Å². The number of hydrogen-bond acceptors (Lipinski definition) is 5. The van der Waals surface area contributed by atoms with E-state index < -0.39 is 10.0 Å². The highest BCUT2D eigenvalue weighted by atomic mass is 32.2. The van der Waals surface area contributed by atoms with Gasteiger partial charge in [0.05, 0.1) is 4.90 Å². The topological polar surface area (TPSA) is 106 Å². The van der Waals surface area contributed by atoms with Crippen molar-refractivity contribution in [3.63, 3.8) is 0 Å². The maximum absolute atomic E-state index is 12.5. The summed E-state index contributed by atoms with van der Waals surface area (Å²) >= 11 is 0. The van der Waals surface area contributed by atoms with E-state index in [2.05, 4.69) is 20.1 Å². The van der Waals surface area contributed by atoms with Gasteiger partial charge in [0.1, 0.15) is 0 Å². The number of carbonyl (C=O) groups excluding carboxylic acids is 1. The van der Waals surface area contributed by atoms with Crippen LogP contribution >= 0.6 is 0 Å². The molecular weight excluding hydrogens is 426 g/mol. The normalized spacial score (nSPS) is 11.1. The molecule has 32 heavy (non-hydrogen) atoms. The Hall–Kier alpha value is -3.98. The summed E-state index contributed by atoms with van der Waals surface area (Å²) < 4.78 is 29.1. The highest BCUT2D eigenvalue weighted by molar-refractivity contribution is 7.92. The third-order valence-electron chi connectivity index (χ3n) is 4.71. The van der Waals surface area contributed by atoms with Crippen molar-refractivity contribution in [1.82, 2.24) is 14.8 Å². The highest BCUT2D eigenvalue weighted by Gasteiger charge is 2.14. The first-order valence-corrected chi connectivity index (χ1v) is 11.4. The van der Waals surface area contributed by atoms with Crippen LogP contribution in [0.3, 0.4) is 0 Å². The fourth-order valence-corrected chi connectivity index (χ4v) is 4.12. The van der Waals surface area contributed by atoms with Crippen molar-refractivity contribution in [2.24, 2.45) is 0 Å². The molecule has 0 saturated heterocycles. The van der Waals surface area contributed by atoms with Crippen LogP contribution in [-0.2, 0) is 23.0 Å². The molecule has 0 fully saturated rings. The molecule has 0 aliphatic carbocycles. The number of carbonyl (C=O) groups is 1. The molecule has 4 aromatic rings. The molecule has 162 valence electrons. The molecule has 0 atom stereocenters. The Kier molecular flexibility index (Phi) is 6.27. The SMILES string of the molecule is O=C(Nc1ccn(CCc2ccncc2)n1)c1ccc(NS(=O)(=O)c2ccccc2)cc1. The summed E-state index contributed by atoms with van der Waals surface area (Å²) in [6, 6.07) is 19.9. The molecule has 2 aromatic carbocycles. The largest absolute Gasteiger partial charge is 0.305 e. The molecule has 9 heteroatoms. The van der Waals surface area contributed by atoms with Gasteiger partial charge in [-0.25, -0.2) is 8.42 Å². The zero-order valence-corrected chi connectivity index (χ0v) is 17.9. The van der Waals surface area contributed by atoms with Gasteiger partial charge in [-0.2, -0.15) is 5.10 Å². The van der Waals surface area contributed by atoms with Crippen LogP contribution in [0.15, 0.2) is 96.3 Å². The van der Waals surface area contributed by atoms with Gasteiger partial charge in [-0.15, -0.1) is 0 Å². The summed E-state index contributed by atoms with van der Waals surface area (Å²) in [4.78, 5) is 16.7. The summed E-state index contributed by atoms with van der Waals surface area (Å²) in [5.74, 6) is 0.112. The number of aromatic nitrogens is 3. The third-order valence-corrected chi connectivity index (χ3v) is 6.11. The minimum atomic E-state index is -3.68. The molecule has 0 unspecified atom stereocenters. The Morgan fingerprint density at radius 1 is 0.906 bits per heavy atom. The van der Waals surface area contributed by atoms with Crippen molar-refractivity contribution in [3.8, 4) is 0 Å². The number of benzene rings is 2. The van der Waals surface area contributed by atoms with E-state index in [0.29, 0.717) is 23.6 Å². The van der Waals surface area contributed by atoms with E-state index in [0.717, 1.165) is 12.0 Å². The van der Waals surface area contributed by atoms with E-state index in [-0.39, 0.29) is 10.8 Å². The van der Waals surface area contributed by atoms with Gasteiger partial charge in [0.15, 0.2) is 5.82 Å². The highest BCUT2D eigenvalue weighted by Crippen LogP contribution is 2.17. The van der Waals surface area contributed by atoms with Crippen LogP contribution < -0.4 is 10.0 Å². The molecule has 2 heterocycles. The van der Waals surface area contributed by atoms with Gasteiger partial charge >= 0.3 is 0 Å². The zero-order chi connectivity index (χ0) is 22.4. The standard InChI is InChI=1S/C23H21N5O3S/c29-23(25-22-13-17-28(26-22)16-12-18-10-14-24-15-11-18)19-6-8-20(9-7-19)27-32(30,31)21-4-2-1-3-5-21/h1-11,13-15,17,27H,12,16H2,(H,25,26,29). The van der Waals surface area contributed by atoms with Crippen LogP contribution in [0.4, 0.5) is 11.5 Å². The molecule has 1 amide bonds. The lowest BCUT2D eigenvalue weighted by Crippen LogP contribution is -2.14. The molecule has 0 bridgehead atoms. The molecule has 0 saturated carbocycles. The number of aryl methyl sites for hydroxylation is 2. The first kappa shape index (κ1) is 21.3. The van der Waals surface area contributed by atoms with Gasteiger partial charge in [-0.05, 0) is 60.5 Å². The molecule has 2 N–H and O–H groups in total. The second-order valence-electron chi connectivity index (χ2n) is 7.02. The Morgan fingerprint density at radius 2 is 1.62 bits per heavy atom. The van der Waals surface area contributed by atoms with E-state index in [9.17, 15) is 13.2 Å². The number of anilines is 2. The summed E-state index contributed by atoms with van der Waals surface area (Å²) in [5, 5.41) is 7.12. The Labute approximate surface area is 186 Å². The van der Waals surface area contributed by atoms with E-state index in [1.165, 1.54) is 12.1 Å². The zero-order valence-electron chi connectivity index (χ0n) is 17.0. The minimum absolute atomic E-state index is 0.168. The summed E-state index contributed by atoms with van der Waals surface area (Å²) in [6.07, 6.45) is 6.11. The molecule has 8 nitrogen and oxygen atoms in total. The predicted molar refractivity (Wildman–Crippen MR) is 122 cm³/mol. The molecule has 4 rings (SSSR count). The van der Waals surface area contributed by atoms with Crippen molar-refractivity contribution in [2.75, 3.05) is 10.0 Å². The Morgan fingerprint density at radius 3 is 2.34 bits per heavy atom. The third kappa shape index (κ3) is 5.38. The summed E-state index contributed by atoms with van der Waals surface area (Å²) in [7, 11) is -3.68. The quantitative estimate of drug-likeness (QED) is 0.430. The molecule has 0 aliphatic heterocycles. The number of hydrogen-bond donors (Lipinski definition) is 2. The maximum Gasteiger partial charge on any atom is 0.261 e. The number of nitrogens with zero attached hydrogens (tertiary/aromatic N) is 3. The van der Waals surface area contributed by atoms with Crippen LogP contribution in [0, 0.1) is 0 Å². The van der Waals surface area contributed by atoms with Crippen molar-refractivity contribution < 1.29 is 13.2 Å².